The monoisotopic (exact) mass is 218 g/mol. The number of nitrogens with zero attached hydrogens (tertiary/aromatic N) is 2. The molecule has 3 nitrogen and oxygen atoms in total. The molecule has 2 aliphatic heterocycles. The Hall–Kier alpha value is -1.09. The van der Waals surface area contributed by atoms with Crippen molar-refractivity contribution in [3.05, 3.63) is 23.4 Å². The molecule has 0 bridgehead atoms. The molecule has 3 heteroatoms. The van der Waals surface area contributed by atoms with E-state index in [0.29, 0.717) is 6.04 Å². The molecular weight excluding hydrogens is 200 g/mol. The molecule has 0 aromatic carbocycles. The first-order valence-electron chi connectivity index (χ1n) is 6.16. The van der Waals surface area contributed by atoms with Crippen LogP contribution in [0.25, 0.3) is 0 Å². The molecule has 1 aromatic heterocycles. The van der Waals surface area contributed by atoms with Gasteiger partial charge >= 0.3 is 0 Å². The molecule has 2 aliphatic rings. The maximum Gasteiger partial charge on any atom is 0.216 e. The molecule has 1 saturated heterocycles. The van der Waals surface area contributed by atoms with E-state index in [1.54, 1.807) is 0 Å². The van der Waals surface area contributed by atoms with Crippen molar-refractivity contribution in [1.29, 1.82) is 0 Å². The first kappa shape index (κ1) is 10.1. The number of fused-ring (bicyclic) bond motifs is 1. The van der Waals surface area contributed by atoms with Gasteiger partial charge in [-0.15, -0.1) is 0 Å². The molecule has 1 aromatic rings. The first-order chi connectivity index (χ1) is 7.84. The second-order valence-corrected chi connectivity index (χ2v) is 4.82. The van der Waals surface area contributed by atoms with E-state index in [9.17, 15) is 0 Å². The molecule has 86 valence electrons. The summed E-state index contributed by atoms with van der Waals surface area (Å²) in [6, 6.07) is 2.87. The Balaban J connectivity index is 1.90. The number of aryl methyl sites for hydroxylation is 1. The summed E-state index contributed by atoms with van der Waals surface area (Å²) in [5.74, 6) is 0.857. The van der Waals surface area contributed by atoms with Crippen molar-refractivity contribution in [2.75, 3.05) is 20.2 Å². The van der Waals surface area contributed by atoms with E-state index in [0.717, 1.165) is 25.3 Å². The number of rotatable bonds is 1. The molecule has 0 unspecified atom stereocenters. The standard InChI is InChI=1S/C13H18N2O/c1-15-6-2-5-12(15)11-8-10-4-3-7-16-13(10)14-9-11/h8-9,12H,2-7H2,1H3/t12-/m0/s1. The van der Waals surface area contributed by atoms with Gasteiger partial charge < -0.3 is 4.74 Å². The third kappa shape index (κ3) is 1.69. The Bertz CT molecular complexity index is 392. The minimum Gasteiger partial charge on any atom is -0.477 e. The summed E-state index contributed by atoms with van der Waals surface area (Å²) in [4.78, 5) is 6.87. The highest BCUT2D eigenvalue weighted by Gasteiger charge is 2.24. The van der Waals surface area contributed by atoms with E-state index < -0.39 is 0 Å². The fraction of sp³-hybridized carbons (Fsp3) is 0.615. The van der Waals surface area contributed by atoms with Crippen molar-refractivity contribution in [3.63, 3.8) is 0 Å². The molecule has 0 spiro atoms. The molecule has 0 radical (unpaired) electrons. The maximum absolute atomic E-state index is 5.54. The molecule has 0 aliphatic carbocycles. The van der Waals surface area contributed by atoms with Crippen molar-refractivity contribution >= 4 is 0 Å². The summed E-state index contributed by atoms with van der Waals surface area (Å²) in [6.07, 6.45) is 6.80. The van der Waals surface area contributed by atoms with Gasteiger partial charge in [0, 0.05) is 17.8 Å². The van der Waals surface area contributed by atoms with E-state index >= 15 is 0 Å². The van der Waals surface area contributed by atoms with Gasteiger partial charge in [0.25, 0.3) is 0 Å². The highest BCUT2D eigenvalue weighted by atomic mass is 16.5. The van der Waals surface area contributed by atoms with Crippen LogP contribution in [0.1, 0.15) is 36.4 Å². The second-order valence-electron chi connectivity index (χ2n) is 4.82. The van der Waals surface area contributed by atoms with E-state index in [1.807, 2.05) is 6.20 Å². The second kappa shape index (κ2) is 4.06. The van der Waals surface area contributed by atoms with Crippen LogP contribution in [-0.4, -0.2) is 30.1 Å². The zero-order valence-corrected chi connectivity index (χ0v) is 9.78. The quantitative estimate of drug-likeness (QED) is 0.722. The van der Waals surface area contributed by atoms with Crippen LogP contribution in [0.5, 0.6) is 5.88 Å². The van der Waals surface area contributed by atoms with Crippen LogP contribution in [0.4, 0.5) is 0 Å². The van der Waals surface area contributed by atoms with Gasteiger partial charge in [-0.3, -0.25) is 4.90 Å². The Morgan fingerprint density at radius 3 is 3.19 bits per heavy atom. The van der Waals surface area contributed by atoms with Crippen molar-refractivity contribution in [2.24, 2.45) is 0 Å². The van der Waals surface area contributed by atoms with E-state index in [1.165, 1.54) is 30.5 Å². The van der Waals surface area contributed by atoms with Crippen LogP contribution in [0.3, 0.4) is 0 Å². The molecule has 0 saturated carbocycles. The molecular formula is C13H18N2O. The van der Waals surface area contributed by atoms with Gasteiger partial charge in [0.05, 0.1) is 6.61 Å². The summed E-state index contributed by atoms with van der Waals surface area (Å²) in [7, 11) is 2.20. The summed E-state index contributed by atoms with van der Waals surface area (Å²) >= 11 is 0. The van der Waals surface area contributed by atoms with E-state index in [2.05, 4.69) is 23.0 Å². The van der Waals surface area contributed by atoms with Crippen LogP contribution >= 0.6 is 0 Å². The van der Waals surface area contributed by atoms with E-state index in [4.69, 9.17) is 4.74 Å². The molecule has 0 amide bonds. The minimum absolute atomic E-state index is 0.569. The summed E-state index contributed by atoms with van der Waals surface area (Å²) in [5, 5.41) is 0. The fourth-order valence-electron chi connectivity index (χ4n) is 2.77. The van der Waals surface area contributed by atoms with Gasteiger partial charge in [-0.1, -0.05) is 0 Å². The highest BCUT2D eigenvalue weighted by Crippen LogP contribution is 2.32. The number of likely N-dealkylation sites (tertiary alicyclic amines) is 1. The van der Waals surface area contributed by atoms with Gasteiger partial charge in [-0.05, 0) is 50.9 Å². The van der Waals surface area contributed by atoms with Crippen molar-refractivity contribution in [1.82, 2.24) is 9.88 Å². The van der Waals surface area contributed by atoms with Gasteiger partial charge in [0.2, 0.25) is 5.88 Å². The van der Waals surface area contributed by atoms with Crippen molar-refractivity contribution < 1.29 is 4.74 Å². The van der Waals surface area contributed by atoms with Crippen molar-refractivity contribution in [3.8, 4) is 5.88 Å². The molecule has 1 fully saturated rings. The highest BCUT2D eigenvalue weighted by molar-refractivity contribution is 5.33. The minimum atomic E-state index is 0.569. The molecule has 3 heterocycles. The zero-order valence-electron chi connectivity index (χ0n) is 9.78. The molecule has 3 rings (SSSR count). The Kier molecular flexibility index (Phi) is 2.56. The van der Waals surface area contributed by atoms with Crippen LogP contribution in [0.2, 0.25) is 0 Å². The number of aromatic nitrogens is 1. The summed E-state index contributed by atoms with van der Waals surface area (Å²) in [6.45, 7) is 2.03. The van der Waals surface area contributed by atoms with Gasteiger partial charge in [0.15, 0.2) is 0 Å². The Morgan fingerprint density at radius 1 is 1.44 bits per heavy atom. The number of hydrogen-bond acceptors (Lipinski definition) is 3. The third-order valence-electron chi connectivity index (χ3n) is 3.68. The topological polar surface area (TPSA) is 25.4 Å². The molecule has 0 N–H and O–H groups in total. The summed E-state index contributed by atoms with van der Waals surface area (Å²) in [5.41, 5.74) is 2.66. The lowest BCUT2D eigenvalue weighted by Crippen LogP contribution is -2.18. The van der Waals surface area contributed by atoms with Crippen LogP contribution in [0.15, 0.2) is 12.3 Å². The predicted octanol–water partition coefficient (Wildman–Crippen LogP) is 2.17. The summed E-state index contributed by atoms with van der Waals surface area (Å²) < 4.78 is 5.54. The predicted molar refractivity (Wildman–Crippen MR) is 62.7 cm³/mol. The number of hydrogen-bond donors (Lipinski definition) is 0. The van der Waals surface area contributed by atoms with E-state index in [-0.39, 0.29) is 0 Å². The van der Waals surface area contributed by atoms with Gasteiger partial charge in [-0.2, -0.15) is 0 Å². The Labute approximate surface area is 96.4 Å². The van der Waals surface area contributed by atoms with Crippen molar-refractivity contribution in [2.45, 2.75) is 31.7 Å². The van der Waals surface area contributed by atoms with Gasteiger partial charge in [-0.25, -0.2) is 4.98 Å². The Morgan fingerprint density at radius 2 is 2.38 bits per heavy atom. The maximum atomic E-state index is 5.54. The average Bonchev–Trinajstić information content (AvgIpc) is 2.75. The number of pyridine rings is 1. The zero-order chi connectivity index (χ0) is 11.0. The van der Waals surface area contributed by atoms with Gasteiger partial charge in [0.1, 0.15) is 0 Å². The lowest BCUT2D eigenvalue weighted by atomic mass is 10.0. The largest absolute Gasteiger partial charge is 0.477 e. The SMILES string of the molecule is CN1CCC[C@H]1c1cnc2c(c1)CCCO2. The average molecular weight is 218 g/mol. The smallest absolute Gasteiger partial charge is 0.216 e. The molecule has 16 heavy (non-hydrogen) atoms. The normalized spacial score (nSPS) is 25.2. The lowest BCUT2D eigenvalue weighted by Gasteiger charge is -2.22. The fourth-order valence-corrected chi connectivity index (χ4v) is 2.77. The third-order valence-corrected chi connectivity index (χ3v) is 3.68. The van der Waals surface area contributed by atoms with Crippen LogP contribution in [-0.2, 0) is 6.42 Å². The molecule has 1 atom stereocenters. The van der Waals surface area contributed by atoms with Crippen LogP contribution < -0.4 is 4.74 Å². The lowest BCUT2D eigenvalue weighted by molar-refractivity contribution is 0.274. The first-order valence-corrected chi connectivity index (χ1v) is 6.16. The van der Waals surface area contributed by atoms with Crippen LogP contribution in [0, 0.1) is 0 Å². The number of ether oxygens (including phenoxy) is 1.